The van der Waals surface area contributed by atoms with Gasteiger partial charge in [-0.25, -0.2) is 0 Å². The van der Waals surface area contributed by atoms with Gasteiger partial charge in [-0.05, 0) is 40.2 Å². The summed E-state index contributed by atoms with van der Waals surface area (Å²) >= 11 is 0. The van der Waals surface area contributed by atoms with Crippen molar-refractivity contribution in [1.29, 1.82) is 0 Å². The molecule has 1 saturated heterocycles. The molecule has 3 heteroatoms. The Labute approximate surface area is 86.2 Å². The molecule has 0 radical (unpaired) electrons. The van der Waals surface area contributed by atoms with Crippen molar-refractivity contribution in [2.24, 2.45) is 11.3 Å². The first-order chi connectivity index (χ1) is 6.50. The predicted octanol–water partition coefficient (Wildman–Crippen LogP) is 1.58. The number of rotatable bonds is 2. The van der Waals surface area contributed by atoms with Crippen LogP contribution in [0.3, 0.4) is 0 Å². The normalized spacial score (nSPS) is 23.2. The van der Waals surface area contributed by atoms with E-state index in [-0.39, 0.29) is 11.4 Å². The predicted molar refractivity (Wildman–Crippen MR) is 56.0 cm³/mol. The van der Waals surface area contributed by atoms with Crippen LogP contribution in [-0.2, 0) is 9.53 Å². The molecule has 1 aliphatic rings. The molecule has 0 aromatic heterocycles. The minimum Gasteiger partial charge on any atom is -0.465 e. The van der Waals surface area contributed by atoms with Gasteiger partial charge in [-0.3, -0.25) is 4.79 Å². The van der Waals surface area contributed by atoms with Crippen LogP contribution in [0.4, 0.5) is 0 Å². The first-order valence-electron chi connectivity index (χ1n) is 5.38. The van der Waals surface area contributed by atoms with Crippen LogP contribution in [0.1, 0.15) is 33.6 Å². The van der Waals surface area contributed by atoms with Crippen LogP contribution >= 0.6 is 0 Å². The highest BCUT2D eigenvalue weighted by Crippen LogP contribution is 2.17. The molecule has 0 aromatic carbocycles. The fourth-order valence-corrected chi connectivity index (χ4v) is 1.48. The number of piperidine rings is 1. The molecule has 3 nitrogen and oxygen atoms in total. The summed E-state index contributed by atoms with van der Waals surface area (Å²) in [5, 5.41) is 3.31. The fourth-order valence-electron chi connectivity index (χ4n) is 1.48. The van der Waals surface area contributed by atoms with E-state index in [0.29, 0.717) is 12.5 Å². The van der Waals surface area contributed by atoms with Crippen molar-refractivity contribution in [2.45, 2.75) is 33.6 Å². The lowest BCUT2D eigenvalue weighted by Crippen LogP contribution is -2.34. The minimum atomic E-state index is -0.373. The molecule has 0 spiro atoms. The summed E-state index contributed by atoms with van der Waals surface area (Å²) in [7, 11) is 0. The van der Waals surface area contributed by atoms with Crippen molar-refractivity contribution in [1.82, 2.24) is 5.32 Å². The zero-order chi connectivity index (χ0) is 10.6. The smallest absolute Gasteiger partial charge is 0.311 e. The number of carbonyl (C=O) groups excluding carboxylic acids is 1. The average Bonchev–Trinajstić information content (AvgIpc) is 2.14. The Bertz CT molecular complexity index is 190. The number of hydrogen-bond donors (Lipinski definition) is 1. The lowest BCUT2D eigenvalue weighted by molar-refractivity contribution is -0.154. The number of hydrogen-bond acceptors (Lipinski definition) is 3. The molecule has 1 aliphatic heterocycles. The molecule has 1 atom stereocenters. The Balaban J connectivity index is 2.22. The molecule has 1 heterocycles. The summed E-state index contributed by atoms with van der Waals surface area (Å²) in [5.41, 5.74) is -0.373. The van der Waals surface area contributed by atoms with E-state index in [9.17, 15) is 4.79 Å². The van der Waals surface area contributed by atoms with Crippen LogP contribution in [0.25, 0.3) is 0 Å². The van der Waals surface area contributed by atoms with E-state index >= 15 is 0 Å². The van der Waals surface area contributed by atoms with E-state index in [1.54, 1.807) is 0 Å². The van der Waals surface area contributed by atoms with Crippen LogP contribution in [0.2, 0.25) is 0 Å². The van der Waals surface area contributed by atoms with E-state index in [1.807, 2.05) is 20.8 Å². The van der Waals surface area contributed by atoms with Gasteiger partial charge in [-0.15, -0.1) is 0 Å². The van der Waals surface area contributed by atoms with E-state index in [4.69, 9.17) is 4.74 Å². The molecule has 1 rings (SSSR count). The molecule has 14 heavy (non-hydrogen) atoms. The average molecular weight is 199 g/mol. The Kier molecular flexibility index (Phi) is 3.93. The summed E-state index contributed by atoms with van der Waals surface area (Å²) in [6.45, 7) is 8.31. The molecule has 0 aromatic rings. The highest BCUT2D eigenvalue weighted by atomic mass is 16.5. The monoisotopic (exact) mass is 199 g/mol. The molecule has 0 aliphatic carbocycles. The van der Waals surface area contributed by atoms with Crippen LogP contribution in [-0.4, -0.2) is 25.7 Å². The molecule has 0 amide bonds. The summed E-state index contributed by atoms with van der Waals surface area (Å²) < 4.78 is 5.27. The Morgan fingerprint density at radius 3 is 2.71 bits per heavy atom. The largest absolute Gasteiger partial charge is 0.465 e. The minimum absolute atomic E-state index is 0.0944. The summed E-state index contributed by atoms with van der Waals surface area (Å²) in [5.74, 6) is 0.415. The number of ether oxygens (including phenoxy) is 1. The van der Waals surface area contributed by atoms with Gasteiger partial charge in [0.05, 0.1) is 12.0 Å². The molecule has 0 saturated carbocycles. The highest BCUT2D eigenvalue weighted by Gasteiger charge is 2.24. The van der Waals surface area contributed by atoms with Crippen molar-refractivity contribution in [3.05, 3.63) is 0 Å². The van der Waals surface area contributed by atoms with E-state index in [1.165, 1.54) is 12.8 Å². The highest BCUT2D eigenvalue weighted by molar-refractivity contribution is 5.75. The van der Waals surface area contributed by atoms with Gasteiger partial charge >= 0.3 is 5.97 Å². The SMILES string of the molecule is CC(C)(C)C(=O)OC[C@H]1CCCNC1. The fraction of sp³-hybridized carbons (Fsp3) is 0.909. The second-order valence-electron chi connectivity index (χ2n) is 5.06. The first-order valence-corrected chi connectivity index (χ1v) is 5.38. The Hall–Kier alpha value is -0.570. The maximum absolute atomic E-state index is 11.5. The van der Waals surface area contributed by atoms with Gasteiger partial charge in [0.2, 0.25) is 0 Å². The molecule has 82 valence electrons. The second kappa shape index (κ2) is 4.78. The number of esters is 1. The van der Waals surface area contributed by atoms with E-state index in [2.05, 4.69) is 5.32 Å². The zero-order valence-electron chi connectivity index (χ0n) is 9.43. The second-order valence-corrected chi connectivity index (χ2v) is 5.06. The van der Waals surface area contributed by atoms with E-state index < -0.39 is 0 Å². The van der Waals surface area contributed by atoms with Gasteiger partial charge in [0, 0.05) is 12.5 Å². The van der Waals surface area contributed by atoms with Crippen molar-refractivity contribution < 1.29 is 9.53 Å². The topological polar surface area (TPSA) is 38.3 Å². The van der Waals surface area contributed by atoms with Crippen LogP contribution in [0.15, 0.2) is 0 Å². The van der Waals surface area contributed by atoms with Crippen LogP contribution < -0.4 is 5.32 Å². The van der Waals surface area contributed by atoms with Gasteiger partial charge < -0.3 is 10.1 Å². The van der Waals surface area contributed by atoms with Gasteiger partial charge in [0.25, 0.3) is 0 Å². The lowest BCUT2D eigenvalue weighted by Gasteiger charge is -2.24. The Morgan fingerprint density at radius 1 is 1.50 bits per heavy atom. The summed E-state index contributed by atoms with van der Waals surface area (Å²) in [6.07, 6.45) is 2.36. The maximum Gasteiger partial charge on any atom is 0.311 e. The third-order valence-corrected chi connectivity index (χ3v) is 2.46. The van der Waals surface area contributed by atoms with Gasteiger partial charge in [-0.2, -0.15) is 0 Å². The first kappa shape index (κ1) is 11.5. The molecule has 0 unspecified atom stereocenters. The van der Waals surface area contributed by atoms with E-state index in [0.717, 1.165) is 13.1 Å². The molecule has 1 N–H and O–H groups in total. The number of carbonyl (C=O) groups is 1. The molecular weight excluding hydrogens is 178 g/mol. The van der Waals surface area contributed by atoms with Gasteiger partial charge in [-0.1, -0.05) is 0 Å². The van der Waals surface area contributed by atoms with Crippen molar-refractivity contribution in [2.75, 3.05) is 19.7 Å². The third-order valence-electron chi connectivity index (χ3n) is 2.46. The van der Waals surface area contributed by atoms with Crippen LogP contribution in [0.5, 0.6) is 0 Å². The van der Waals surface area contributed by atoms with Crippen molar-refractivity contribution in [3.63, 3.8) is 0 Å². The third kappa shape index (κ3) is 3.66. The Morgan fingerprint density at radius 2 is 2.21 bits per heavy atom. The standard InChI is InChI=1S/C11H21NO2/c1-11(2,3)10(13)14-8-9-5-4-6-12-7-9/h9,12H,4-8H2,1-3H3/t9-/m0/s1. The molecular formula is C11H21NO2. The molecule has 1 fully saturated rings. The number of nitrogens with one attached hydrogen (secondary N) is 1. The molecule has 0 bridgehead atoms. The quantitative estimate of drug-likeness (QED) is 0.686. The van der Waals surface area contributed by atoms with Crippen molar-refractivity contribution >= 4 is 5.97 Å². The van der Waals surface area contributed by atoms with Gasteiger partial charge in [0.1, 0.15) is 0 Å². The van der Waals surface area contributed by atoms with Crippen LogP contribution in [0, 0.1) is 11.3 Å². The summed E-state index contributed by atoms with van der Waals surface area (Å²) in [6, 6.07) is 0. The lowest BCUT2D eigenvalue weighted by atomic mass is 9.97. The zero-order valence-corrected chi connectivity index (χ0v) is 9.43. The maximum atomic E-state index is 11.5. The summed E-state index contributed by atoms with van der Waals surface area (Å²) in [4.78, 5) is 11.5. The van der Waals surface area contributed by atoms with Crippen molar-refractivity contribution in [3.8, 4) is 0 Å². The van der Waals surface area contributed by atoms with Gasteiger partial charge in [0.15, 0.2) is 0 Å².